The molecule has 6 heteroatoms. The summed E-state index contributed by atoms with van der Waals surface area (Å²) in [5.41, 5.74) is 23.2. The topological polar surface area (TPSA) is 21.3 Å². The molecule has 16 rings (SSSR count). The maximum absolute atomic E-state index is 9.79. The van der Waals surface area contributed by atoms with Gasteiger partial charge in [0, 0.05) is 83.3 Å². The lowest BCUT2D eigenvalue weighted by atomic mass is 9.33. The van der Waals surface area contributed by atoms with Crippen molar-refractivity contribution in [3.63, 3.8) is 0 Å². The molecule has 2 aliphatic heterocycles. The molecule has 0 atom stereocenters. The van der Waals surface area contributed by atoms with Crippen LogP contribution < -0.4 is 26.2 Å². The molecule has 98 heavy (non-hydrogen) atoms. The largest absolute Gasteiger partial charge is 0.311 e. The van der Waals surface area contributed by atoms with Crippen molar-refractivity contribution in [2.45, 2.75) is 159 Å². The number of para-hydroxylation sites is 4. The molecule has 0 fully saturated rings. The molecule has 5 heterocycles. The van der Waals surface area contributed by atoms with Crippen LogP contribution in [0.25, 0.3) is 82.5 Å². The molecular formula is C92H94BN5. The molecule has 0 amide bonds. The molecular weight excluding hydrogens is 1190 g/mol. The van der Waals surface area contributed by atoms with Gasteiger partial charge in [0.2, 0.25) is 0 Å². The molecule has 3 aromatic heterocycles. The van der Waals surface area contributed by atoms with Crippen LogP contribution >= 0.6 is 0 Å². The first-order valence-electron chi connectivity index (χ1n) is 37.4. The van der Waals surface area contributed by atoms with E-state index in [0.29, 0.717) is 11.1 Å². The first-order valence-corrected chi connectivity index (χ1v) is 35.4. The number of rotatable bonds is 7. The summed E-state index contributed by atoms with van der Waals surface area (Å²) in [5.74, 6) is 0. The summed E-state index contributed by atoms with van der Waals surface area (Å²) in [6.07, 6.45) is -3.42. The molecule has 0 aliphatic carbocycles. The van der Waals surface area contributed by atoms with Gasteiger partial charge in [-0.1, -0.05) is 234 Å². The van der Waals surface area contributed by atoms with E-state index in [-0.39, 0.29) is 28.4 Å². The highest BCUT2D eigenvalue weighted by molar-refractivity contribution is 7.00. The summed E-state index contributed by atoms with van der Waals surface area (Å²) in [7, 11) is 0. The van der Waals surface area contributed by atoms with Crippen LogP contribution in [0.15, 0.2) is 218 Å². The maximum atomic E-state index is 9.79. The van der Waals surface area contributed by atoms with Gasteiger partial charge < -0.3 is 23.5 Å². The zero-order chi connectivity index (χ0) is 72.2. The summed E-state index contributed by atoms with van der Waals surface area (Å²) in [6, 6.07) is 81.8. The normalized spacial score (nSPS) is 14.7. The number of fused-ring (bicyclic) bond motifs is 13. The van der Waals surface area contributed by atoms with Crippen LogP contribution in [0.3, 0.4) is 0 Å². The Bertz CT molecular complexity index is 5300. The van der Waals surface area contributed by atoms with E-state index in [4.69, 9.17) is 0 Å². The molecule has 0 saturated heterocycles. The minimum Gasteiger partial charge on any atom is -0.311 e. The fraction of sp³-hybridized carbons (Fsp3) is 0.283. The highest BCUT2D eigenvalue weighted by atomic mass is 15.2. The molecule has 5 nitrogen and oxygen atoms in total. The predicted octanol–water partition coefficient (Wildman–Crippen LogP) is 23.4. The van der Waals surface area contributed by atoms with Gasteiger partial charge in [-0.05, 0) is 204 Å². The van der Waals surface area contributed by atoms with E-state index in [0.717, 1.165) is 95.1 Å². The summed E-state index contributed by atoms with van der Waals surface area (Å²) >= 11 is 0. The van der Waals surface area contributed by atoms with Crippen LogP contribution in [0, 0.1) is 10.8 Å². The van der Waals surface area contributed by atoms with Gasteiger partial charge in [-0.3, -0.25) is 0 Å². The smallest absolute Gasteiger partial charge is 0.252 e. The van der Waals surface area contributed by atoms with Crippen LogP contribution in [-0.4, -0.2) is 20.4 Å². The summed E-state index contributed by atoms with van der Waals surface area (Å²) < 4.78 is 46.5. The van der Waals surface area contributed by atoms with Gasteiger partial charge in [-0.15, -0.1) is 0 Å². The Morgan fingerprint density at radius 3 is 0.888 bits per heavy atom. The van der Waals surface area contributed by atoms with E-state index in [1.165, 1.54) is 60.2 Å². The Hall–Kier alpha value is -9.52. The van der Waals surface area contributed by atoms with Crippen molar-refractivity contribution in [3.8, 4) is 17.1 Å². The van der Waals surface area contributed by atoms with Gasteiger partial charge in [-0.2, -0.15) is 0 Å². The third kappa shape index (κ3) is 10.6. The van der Waals surface area contributed by atoms with Gasteiger partial charge in [0.05, 0.1) is 38.8 Å². The average molecular weight is 1280 g/mol. The minimum atomic E-state index is -1.71. The fourth-order valence-electron chi connectivity index (χ4n) is 15.9. The summed E-state index contributed by atoms with van der Waals surface area (Å²) in [6.45, 7) is 39.6. The zero-order valence-corrected chi connectivity index (χ0v) is 60.6. The molecule has 14 aromatic rings. The Morgan fingerprint density at radius 1 is 0.276 bits per heavy atom. The van der Waals surface area contributed by atoms with Crippen LogP contribution in [0.5, 0.6) is 0 Å². The van der Waals surface area contributed by atoms with Crippen molar-refractivity contribution in [2.75, 3.05) is 9.80 Å². The molecule has 0 radical (unpaired) electrons. The summed E-state index contributed by atoms with van der Waals surface area (Å²) in [5, 5.41) is 6.54. The number of nitrogens with zero attached hydrogens (tertiary/aromatic N) is 5. The fourth-order valence-corrected chi connectivity index (χ4v) is 15.9. The molecule has 2 aliphatic rings. The molecule has 490 valence electrons. The van der Waals surface area contributed by atoms with Crippen molar-refractivity contribution in [2.24, 2.45) is 10.8 Å². The van der Waals surface area contributed by atoms with E-state index < -0.39 is 23.6 Å². The van der Waals surface area contributed by atoms with Gasteiger partial charge in [0.1, 0.15) is 0 Å². The van der Waals surface area contributed by atoms with Crippen LogP contribution in [-0.2, 0) is 34.4 Å². The molecule has 11 aromatic carbocycles. The van der Waals surface area contributed by atoms with Gasteiger partial charge >= 0.3 is 0 Å². The van der Waals surface area contributed by atoms with Gasteiger partial charge in [0.15, 0.2) is 0 Å². The van der Waals surface area contributed by atoms with Gasteiger partial charge in [0.25, 0.3) is 6.71 Å². The first-order chi connectivity index (χ1) is 47.9. The Labute approximate surface area is 587 Å². The Morgan fingerprint density at radius 2 is 0.571 bits per heavy atom. The zero-order valence-electron chi connectivity index (χ0n) is 64.6. The number of anilines is 6. The van der Waals surface area contributed by atoms with Crippen molar-refractivity contribution in [1.29, 1.82) is 0 Å². The van der Waals surface area contributed by atoms with E-state index in [1.54, 1.807) is 0 Å². The second-order valence-corrected chi connectivity index (χ2v) is 34.3. The molecule has 0 N–H and O–H groups in total. The van der Waals surface area contributed by atoms with E-state index in [2.05, 4.69) is 313 Å². The number of aromatic nitrogens is 3. The number of benzene rings is 11. The number of hydrogen-bond acceptors (Lipinski definition) is 2. The van der Waals surface area contributed by atoms with Crippen LogP contribution in [0.2, 0.25) is 0 Å². The quantitative estimate of drug-likeness (QED) is 0.148. The molecule has 0 bridgehead atoms. The third-order valence-corrected chi connectivity index (χ3v) is 20.6. The van der Waals surface area contributed by atoms with Crippen molar-refractivity contribution < 1.29 is 5.48 Å². The van der Waals surface area contributed by atoms with Crippen LogP contribution in [0.4, 0.5) is 34.1 Å². The third-order valence-electron chi connectivity index (χ3n) is 20.6. The lowest BCUT2D eigenvalue weighted by molar-refractivity contribution is 0.411. The molecule has 0 saturated carbocycles. The predicted molar refractivity (Wildman–Crippen MR) is 425 cm³/mol. The first kappa shape index (κ1) is 58.6. The van der Waals surface area contributed by atoms with Gasteiger partial charge in [-0.25, -0.2) is 0 Å². The van der Waals surface area contributed by atoms with E-state index in [1.807, 2.05) is 53.7 Å². The number of hydrogen-bond donors (Lipinski definition) is 0. The standard InChI is InChI=1S/C92H94BN5/c1-87(2,3)55-57-35-41-80-72(43-57)73-44-58(56-88(4,5)6)36-42-81(73)96(80)67-53-84-86-85(54-67)98(66-49-61(91(13,14)15)46-62(50-66)92(16,17)18)83-52-64(95-78-33-25-21-29-70(78)71-30-22-26-34-79(71)95)38-40-75(83)93(86)74-39-37-63(94-76-31-23-19-27-68(76)69-28-20-24-32-77(69)94)51-82(74)97(84)65-47-59(89(7,8)9)45-60(48-65)90(10,11)12/h19-54H,55-56H2,1-18H3/i55D2,56D2. The summed E-state index contributed by atoms with van der Waals surface area (Å²) in [4.78, 5) is 5.22. The van der Waals surface area contributed by atoms with Crippen molar-refractivity contribution in [3.05, 3.63) is 252 Å². The Balaban J connectivity index is 1.10. The van der Waals surface area contributed by atoms with Crippen molar-refractivity contribution >= 4 is 123 Å². The molecule has 0 unspecified atom stereocenters. The van der Waals surface area contributed by atoms with Crippen molar-refractivity contribution in [1.82, 2.24) is 13.7 Å². The highest BCUT2D eigenvalue weighted by Gasteiger charge is 2.45. The lowest BCUT2D eigenvalue weighted by Gasteiger charge is -2.45. The monoisotopic (exact) mass is 1280 g/mol. The van der Waals surface area contributed by atoms with E-state index in [9.17, 15) is 5.48 Å². The second kappa shape index (κ2) is 22.0. The maximum Gasteiger partial charge on any atom is 0.252 e. The lowest BCUT2D eigenvalue weighted by Crippen LogP contribution is -2.61. The SMILES string of the molecule is [2H]C([2H])(c1ccc2c(c1)c1cc(C([2H])([2H])C(C)(C)C)ccc1n2-c1cc2c3c(c1)N(c1cc(C(C)(C)C)cc(C(C)(C)C)c1)c1cc(-n4c5ccccc5c5ccccc54)ccc1B3c1ccc(-n3c4ccccc4c4ccccc43)cc1N2c1cc(C(C)(C)C)cc(C(C)(C)C)c1)C(C)(C)C. The minimum absolute atomic E-state index is 0.220. The molecule has 0 spiro atoms. The Kier molecular flexibility index (Phi) is 13.2. The highest BCUT2D eigenvalue weighted by Crippen LogP contribution is 2.51. The van der Waals surface area contributed by atoms with E-state index >= 15 is 0 Å². The average Bonchev–Trinajstić information content (AvgIpc) is 1.14. The van der Waals surface area contributed by atoms with Crippen LogP contribution in [0.1, 0.15) is 163 Å². The second-order valence-electron chi connectivity index (χ2n) is 34.3.